The van der Waals surface area contributed by atoms with Gasteiger partial charge in [0.05, 0.1) is 16.6 Å². The number of aryl methyl sites for hydroxylation is 3. The molecular formula is C21H23N5O2. The van der Waals surface area contributed by atoms with Gasteiger partial charge in [0.25, 0.3) is 11.8 Å². The van der Waals surface area contributed by atoms with Crippen molar-refractivity contribution in [1.29, 1.82) is 0 Å². The number of likely N-dealkylation sites (tertiary alicyclic amines) is 1. The summed E-state index contributed by atoms with van der Waals surface area (Å²) in [5.41, 5.74) is 3.91. The number of aromatic nitrogens is 3. The van der Waals surface area contributed by atoms with Crippen molar-refractivity contribution in [3.63, 3.8) is 0 Å². The number of pyridine rings is 1. The molecule has 2 amide bonds. The fourth-order valence-electron chi connectivity index (χ4n) is 3.78. The lowest BCUT2D eigenvalue weighted by atomic mass is 10.1. The van der Waals surface area contributed by atoms with Crippen LogP contribution in [0.5, 0.6) is 0 Å². The first kappa shape index (κ1) is 18.2. The third-order valence-electron chi connectivity index (χ3n) is 5.10. The summed E-state index contributed by atoms with van der Waals surface area (Å²) < 4.78 is 1.68. The van der Waals surface area contributed by atoms with Gasteiger partial charge in [-0.15, -0.1) is 0 Å². The number of rotatable bonds is 3. The Morgan fingerprint density at radius 2 is 1.86 bits per heavy atom. The van der Waals surface area contributed by atoms with E-state index in [9.17, 15) is 9.59 Å². The second-order valence-electron chi connectivity index (χ2n) is 7.25. The molecular weight excluding hydrogens is 354 g/mol. The zero-order valence-corrected chi connectivity index (χ0v) is 16.3. The van der Waals surface area contributed by atoms with Gasteiger partial charge >= 0.3 is 0 Å². The number of hydrogen-bond acceptors (Lipinski definition) is 4. The fourth-order valence-corrected chi connectivity index (χ4v) is 3.78. The van der Waals surface area contributed by atoms with E-state index >= 15 is 0 Å². The van der Waals surface area contributed by atoms with Crippen LogP contribution in [0.3, 0.4) is 0 Å². The molecule has 3 aromatic rings. The molecule has 1 fully saturated rings. The van der Waals surface area contributed by atoms with E-state index in [4.69, 9.17) is 0 Å². The molecule has 28 heavy (non-hydrogen) atoms. The maximum absolute atomic E-state index is 13.0. The monoisotopic (exact) mass is 377 g/mol. The molecule has 0 spiro atoms. The molecule has 0 unspecified atom stereocenters. The van der Waals surface area contributed by atoms with E-state index in [0.29, 0.717) is 22.5 Å². The van der Waals surface area contributed by atoms with Crippen LogP contribution in [0.4, 0.5) is 5.69 Å². The zero-order chi connectivity index (χ0) is 19.8. The number of fused-ring (bicyclic) bond motifs is 1. The minimum atomic E-state index is -0.239. The smallest absolute Gasteiger partial charge is 0.256 e. The largest absolute Gasteiger partial charge is 0.339 e. The van der Waals surface area contributed by atoms with E-state index < -0.39 is 0 Å². The van der Waals surface area contributed by atoms with E-state index in [1.807, 2.05) is 25.8 Å². The predicted molar refractivity (Wildman–Crippen MR) is 108 cm³/mol. The molecule has 0 bridgehead atoms. The Hall–Kier alpha value is -3.22. The molecule has 1 saturated heterocycles. The molecule has 1 aliphatic heterocycles. The third kappa shape index (κ3) is 3.24. The molecule has 7 heteroatoms. The van der Waals surface area contributed by atoms with Gasteiger partial charge in [0, 0.05) is 37.1 Å². The van der Waals surface area contributed by atoms with Gasteiger partial charge < -0.3 is 10.2 Å². The van der Waals surface area contributed by atoms with Crippen LogP contribution in [0, 0.1) is 13.8 Å². The summed E-state index contributed by atoms with van der Waals surface area (Å²) in [6, 6.07) is 8.88. The molecule has 0 saturated carbocycles. The molecule has 0 radical (unpaired) electrons. The quantitative estimate of drug-likeness (QED) is 0.761. The van der Waals surface area contributed by atoms with E-state index in [0.717, 1.165) is 42.7 Å². The third-order valence-corrected chi connectivity index (χ3v) is 5.10. The van der Waals surface area contributed by atoms with Gasteiger partial charge in [-0.25, -0.2) is 4.98 Å². The van der Waals surface area contributed by atoms with Crippen molar-refractivity contribution in [1.82, 2.24) is 19.7 Å². The first-order valence-corrected chi connectivity index (χ1v) is 9.45. The zero-order valence-electron chi connectivity index (χ0n) is 16.3. The Morgan fingerprint density at radius 1 is 1.11 bits per heavy atom. The van der Waals surface area contributed by atoms with Gasteiger partial charge in [-0.3, -0.25) is 14.3 Å². The fraction of sp³-hybridized carbons (Fsp3) is 0.333. The average Bonchev–Trinajstić information content (AvgIpc) is 3.30. The molecule has 2 aromatic heterocycles. The number of anilines is 1. The first-order valence-electron chi connectivity index (χ1n) is 9.45. The second kappa shape index (κ2) is 7.07. The second-order valence-corrected chi connectivity index (χ2v) is 7.25. The molecule has 3 heterocycles. The molecule has 0 aliphatic carbocycles. The SMILES string of the molecule is Cc1cc(C(=O)Nc2cccc(C(=O)N3CCCC3)c2)c2c(C)nn(C)c2n1. The highest BCUT2D eigenvalue weighted by atomic mass is 16.2. The van der Waals surface area contributed by atoms with Gasteiger partial charge in [-0.1, -0.05) is 6.07 Å². The van der Waals surface area contributed by atoms with Crippen LogP contribution in [-0.4, -0.2) is 44.6 Å². The number of benzene rings is 1. The van der Waals surface area contributed by atoms with Crippen LogP contribution < -0.4 is 5.32 Å². The maximum atomic E-state index is 13.0. The number of carbonyl (C=O) groups is 2. The summed E-state index contributed by atoms with van der Waals surface area (Å²) in [7, 11) is 1.82. The summed E-state index contributed by atoms with van der Waals surface area (Å²) in [6.45, 7) is 5.31. The van der Waals surface area contributed by atoms with Gasteiger partial charge in [0.2, 0.25) is 0 Å². The van der Waals surface area contributed by atoms with Crippen molar-refractivity contribution >= 4 is 28.5 Å². The number of nitrogens with one attached hydrogen (secondary N) is 1. The Balaban J connectivity index is 1.63. The minimum Gasteiger partial charge on any atom is -0.339 e. The molecule has 1 N–H and O–H groups in total. The van der Waals surface area contributed by atoms with E-state index in [1.165, 1.54) is 0 Å². The number of nitrogens with zero attached hydrogens (tertiary/aromatic N) is 4. The lowest BCUT2D eigenvalue weighted by Crippen LogP contribution is -2.27. The van der Waals surface area contributed by atoms with Crippen LogP contribution in [0.2, 0.25) is 0 Å². The van der Waals surface area contributed by atoms with Gasteiger partial charge in [-0.2, -0.15) is 5.10 Å². The van der Waals surface area contributed by atoms with Crippen molar-refractivity contribution in [3.8, 4) is 0 Å². The lowest BCUT2D eigenvalue weighted by Gasteiger charge is -2.16. The van der Waals surface area contributed by atoms with Crippen LogP contribution in [-0.2, 0) is 7.05 Å². The van der Waals surface area contributed by atoms with E-state index in [2.05, 4.69) is 15.4 Å². The Kier molecular flexibility index (Phi) is 4.58. The van der Waals surface area contributed by atoms with E-state index in [1.54, 1.807) is 35.0 Å². The molecule has 7 nitrogen and oxygen atoms in total. The number of hydrogen-bond donors (Lipinski definition) is 1. The Bertz CT molecular complexity index is 1080. The molecule has 144 valence electrons. The molecule has 4 rings (SSSR count). The van der Waals surface area contributed by atoms with Crippen LogP contribution in [0.1, 0.15) is 44.9 Å². The summed E-state index contributed by atoms with van der Waals surface area (Å²) in [5, 5.41) is 8.06. The number of amides is 2. The normalized spacial score (nSPS) is 13.9. The van der Waals surface area contributed by atoms with Crippen LogP contribution in [0.25, 0.3) is 11.0 Å². The summed E-state index contributed by atoms with van der Waals surface area (Å²) in [6.07, 6.45) is 2.09. The highest BCUT2D eigenvalue weighted by Crippen LogP contribution is 2.23. The van der Waals surface area contributed by atoms with E-state index in [-0.39, 0.29) is 11.8 Å². The topological polar surface area (TPSA) is 80.1 Å². The number of carbonyl (C=O) groups excluding carboxylic acids is 2. The Labute approximate surface area is 163 Å². The van der Waals surface area contributed by atoms with Crippen molar-refractivity contribution in [2.45, 2.75) is 26.7 Å². The predicted octanol–water partition coefficient (Wildman–Crippen LogP) is 3.07. The summed E-state index contributed by atoms with van der Waals surface area (Å²) in [5.74, 6) is -0.226. The van der Waals surface area contributed by atoms with Crippen LogP contribution >= 0.6 is 0 Å². The first-order chi connectivity index (χ1) is 13.4. The molecule has 1 aliphatic rings. The molecule has 1 aromatic carbocycles. The van der Waals surface area contributed by atoms with Crippen molar-refractivity contribution in [2.24, 2.45) is 7.05 Å². The molecule has 0 atom stereocenters. The minimum absolute atomic E-state index is 0.0128. The van der Waals surface area contributed by atoms with Gasteiger partial charge in [-0.05, 0) is 51.0 Å². The van der Waals surface area contributed by atoms with Crippen LogP contribution in [0.15, 0.2) is 30.3 Å². The Morgan fingerprint density at radius 3 is 2.61 bits per heavy atom. The summed E-state index contributed by atoms with van der Waals surface area (Å²) >= 11 is 0. The van der Waals surface area contributed by atoms with Gasteiger partial charge in [0.15, 0.2) is 5.65 Å². The van der Waals surface area contributed by atoms with Crippen molar-refractivity contribution in [2.75, 3.05) is 18.4 Å². The standard InChI is InChI=1S/C21H23N5O2/c1-13-11-17(18-14(2)24-25(3)19(18)22-13)20(27)23-16-8-6-7-15(12-16)21(28)26-9-4-5-10-26/h6-8,11-12H,4-5,9-10H2,1-3H3,(H,23,27). The lowest BCUT2D eigenvalue weighted by molar-refractivity contribution is 0.0792. The summed E-state index contributed by atoms with van der Waals surface area (Å²) in [4.78, 5) is 32.0. The van der Waals surface area contributed by atoms with Crippen molar-refractivity contribution in [3.05, 3.63) is 52.8 Å². The average molecular weight is 377 g/mol. The van der Waals surface area contributed by atoms with Gasteiger partial charge in [0.1, 0.15) is 0 Å². The van der Waals surface area contributed by atoms with Crippen molar-refractivity contribution < 1.29 is 9.59 Å². The highest BCUT2D eigenvalue weighted by Gasteiger charge is 2.21. The maximum Gasteiger partial charge on any atom is 0.256 e. The highest BCUT2D eigenvalue weighted by molar-refractivity contribution is 6.13.